The molecule has 1 saturated heterocycles. The molecule has 9 nitrogen and oxygen atoms in total. The van der Waals surface area contributed by atoms with Crippen molar-refractivity contribution in [2.24, 2.45) is 0 Å². The summed E-state index contributed by atoms with van der Waals surface area (Å²) in [6.07, 6.45) is 1.68. The van der Waals surface area contributed by atoms with Gasteiger partial charge in [-0.15, -0.1) is 0 Å². The molecule has 0 unspecified atom stereocenters. The Morgan fingerprint density at radius 1 is 1.05 bits per heavy atom. The summed E-state index contributed by atoms with van der Waals surface area (Å²) in [7, 11) is 1.53. The first-order chi connectivity index (χ1) is 18.3. The van der Waals surface area contributed by atoms with Gasteiger partial charge in [0.2, 0.25) is 0 Å². The second-order valence-corrected chi connectivity index (χ2v) is 9.22. The zero-order chi connectivity index (χ0) is 27.0. The van der Waals surface area contributed by atoms with Gasteiger partial charge in [0.15, 0.2) is 5.11 Å². The number of anilines is 1. The molecule has 1 aliphatic rings. The number of methoxy groups -OCH3 is 1. The number of aromatic nitrogens is 1. The predicted molar refractivity (Wildman–Crippen MR) is 144 cm³/mol. The van der Waals surface area contributed by atoms with Gasteiger partial charge in [-0.1, -0.05) is 17.7 Å². The van der Waals surface area contributed by atoms with Gasteiger partial charge in [-0.25, -0.2) is 9.59 Å². The van der Waals surface area contributed by atoms with Crippen LogP contribution < -0.4 is 15.0 Å². The van der Waals surface area contributed by atoms with Gasteiger partial charge in [0.25, 0.3) is 0 Å². The van der Waals surface area contributed by atoms with Crippen molar-refractivity contribution < 1.29 is 29.0 Å². The summed E-state index contributed by atoms with van der Waals surface area (Å²) in [6.45, 7) is 0. The molecule has 0 amide bonds. The maximum atomic E-state index is 11.6. The van der Waals surface area contributed by atoms with Crippen molar-refractivity contribution >= 4 is 46.6 Å². The van der Waals surface area contributed by atoms with Gasteiger partial charge < -0.3 is 29.6 Å². The lowest BCUT2D eigenvalue weighted by atomic mass is 10.0. The van der Waals surface area contributed by atoms with Crippen LogP contribution in [-0.2, 0) is 0 Å². The summed E-state index contributed by atoms with van der Waals surface area (Å²) in [5.74, 6) is -1.18. The Morgan fingerprint density at radius 3 is 2.39 bits per heavy atom. The quantitative estimate of drug-likeness (QED) is 0.252. The van der Waals surface area contributed by atoms with E-state index in [0.717, 1.165) is 11.8 Å². The fourth-order valence-corrected chi connectivity index (χ4v) is 5.01. The molecule has 3 N–H and O–H groups in total. The molecule has 38 heavy (non-hydrogen) atoms. The molecule has 4 aromatic rings. The number of carboxylic acid groups (broad SMARTS) is 2. The van der Waals surface area contributed by atoms with Crippen LogP contribution in [0, 0.1) is 0 Å². The van der Waals surface area contributed by atoms with Crippen LogP contribution in [-0.4, -0.2) is 39.4 Å². The number of carboxylic acids is 2. The Hall–Kier alpha value is -4.41. The van der Waals surface area contributed by atoms with Crippen molar-refractivity contribution in [3.63, 3.8) is 0 Å². The first kappa shape index (κ1) is 25.2. The van der Waals surface area contributed by atoms with Crippen molar-refractivity contribution in [1.29, 1.82) is 0 Å². The van der Waals surface area contributed by atoms with E-state index in [2.05, 4.69) is 10.3 Å². The number of pyridine rings is 1. The topological polar surface area (TPSA) is 125 Å². The summed E-state index contributed by atoms with van der Waals surface area (Å²) >= 11 is 12.1. The Bertz CT molecular complexity index is 1530. The van der Waals surface area contributed by atoms with Crippen molar-refractivity contribution in [2.75, 3.05) is 12.0 Å². The van der Waals surface area contributed by atoms with Gasteiger partial charge in [0.05, 0.1) is 35.0 Å². The number of carbonyl (C=O) groups is 2. The van der Waals surface area contributed by atoms with E-state index in [1.807, 2.05) is 29.2 Å². The molecule has 5 rings (SSSR count). The number of thiocarbonyl (C=S) groups is 1. The third-order valence-corrected chi connectivity index (χ3v) is 6.75. The van der Waals surface area contributed by atoms with Crippen LogP contribution in [0.1, 0.15) is 44.3 Å². The van der Waals surface area contributed by atoms with Crippen molar-refractivity contribution in [2.45, 2.75) is 12.1 Å². The summed E-state index contributed by atoms with van der Waals surface area (Å²) < 4.78 is 11.5. The normalized spacial score (nSPS) is 16.8. The molecule has 3 heterocycles. The molecule has 2 aromatic carbocycles. The summed E-state index contributed by atoms with van der Waals surface area (Å²) in [4.78, 5) is 29.6. The molecule has 0 aliphatic carbocycles. The highest BCUT2D eigenvalue weighted by Crippen LogP contribution is 2.44. The zero-order valence-corrected chi connectivity index (χ0v) is 21.4. The molecule has 0 bridgehead atoms. The van der Waals surface area contributed by atoms with Crippen LogP contribution in [0.4, 0.5) is 5.69 Å². The monoisotopic (exact) mass is 549 g/mol. The van der Waals surface area contributed by atoms with E-state index in [4.69, 9.17) is 33.0 Å². The summed E-state index contributed by atoms with van der Waals surface area (Å²) in [5, 5.41) is 23.1. The number of hydrogen-bond donors (Lipinski definition) is 3. The number of ether oxygens (including phenoxy) is 1. The molecular weight excluding hydrogens is 530 g/mol. The molecule has 2 atom stereocenters. The smallest absolute Gasteiger partial charge is 0.335 e. The van der Waals surface area contributed by atoms with Crippen molar-refractivity contribution in [1.82, 2.24) is 10.3 Å². The van der Waals surface area contributed by atoms with Gasteiger partial charge in [0.1, 0.15) is 23.3 Å². The first-order valence-electron chi connectivity index (χ1n) is 11.3. The Balaban J connectivity index is 1.62. The number of benzene rings is 2. The van der Waals surface area contributed by atoms with Gasteiger partial charge in [-0.3, -0.25) is 4.98 Å². The van der Waals surface area contributed by atoms with Crippen molar-refractivity contribution in [3.05, 3.63) is 101 Å². The lowest BCUT2D eigenvalue weighted by Crippen LogP contribution is -2.29. The Labute approximate surface area is 227 Å². The zero-order valence-electron chi connectivity index (χ0n) is 19.8. The number of hydrogen-bond acceptors (Lipinski definition) is 6. The van der Waals surface area contributed by atoms with Crippen LogP contribution >= 0.6 is 23.8 Å². The van der Waals surface area contributed by atoms with Crippen LogP contribution in [0.5, 0.6) is 5.75 Å². The molecular formula is C27H20ClN3O6S. The van der Waals surface area contributed by atoms with E-state index >= 15 is 0 Å². The lowest BCUT2D eigenvalue weighted by molar-refractivity contribution is 0.0696. The predicted octanol–water partition coefficient (Wildman–Crippen LogP) is 5.58. The number of nitrogens with zero attached hydrogens (tertiary/aromatic N) is 2. The van der Waals surface area contributed by atoms with Crippen LogP contribution in [0.3, 0.4) is 0 Å². The number of aromatic carboxylic acids is 2. The van der Waals surface area contributed by atoms with E-state index in [1.165, 1.54) is 19.2 Å². The minimum absolute atomic E-state index is 0.164. The molecule has 2 aromatic heterocycles. The van der Waals surface area contributed by atoms with E-state index in [0.29, 0.717) is 38.7 Å². The number of nitrogens with one attached hydrogen (secondary N) is 1. The van der Waals surface area contributed by atoms with E-state index < -0.39 is 24.0 Å². The fraction of sp³-hybridized carbons (Fsp3) is 0.111. The van der Waals surface area contributed by atoms with Crippen molar-refractivity contribution in [3.8, 4) is 17.1 Å². The average Bonchev–Trinajstić information content (AvgIpc) is 3.53. The molecule has 1 aliphatic heterocycles. The second-order valence-electron chi connectivity index (χ2n) is 8.43. The third-order valence-electron chi connectivity index (χ3n) is 6.14. The Morgan fingerprint density at radius 2 is 1.79 bits per heavy atom. The number of furan rings is 1. The van der Waals surface area contributed by atoms with E-state index in [1.54, 1.807) is 30.5 Å². The van der Waals surface area contributed by atoms with Gasteiger partial charge >= 0.3 is 11.9 Å². The maximum absolute atomic E-state index is 11.6. The maximum Gasteiger partial charge on any atom is 0.335 e. The molecule has 0 spiro atoms. The van der Waals surface area contributed by atoms with Crippen LogP contribution in [0.15, 0.2) is 77.3 Å². The third kappa shape index (κ3) is 4.67. The highest BCUT2D eigenvalue weighted by molar-refractivity contribution is 7.80. The van der Waals surface area contributed by atoms with Crippen LogP contribution in [0.25, 0.3) is 11.3 Å². The molecule has 0 saturated carbocycles. The van der Waals surface area contributed by atoms with Crippen LogP contribution in [0.2, 0.25) is 5.02 Å². The standard InChI is InChI=1S/C27H20ClN3O6S/c1-36-21-6-5-17(13-18(21)28)31-24(23(30-27(31)38)19-4-2-3-9-29-19)22-8-7-20(37-22)14-10-15(25(32)33)12-16(11-14)26(34)35/h2-13,23-24H,1H3,(H,30,38)(H,32,33)(H,34,35)/t23-,24+/m0/s1. The fourth-order valence-electron chi connectivity index (χ4n) is 4.41. The minimum atomic E-state index is -1.25. The van der Waals surface area contributed by atoms with E-state index in [-0.39, 0.29) is 11.1 Å². The average molecular weight is 550 g/mol. The SMILES string of the molecule is COc1ccc(N2C(=S)N[C@@H](c3ccccn3)[C@H]2c2ccc(-c3cc(C(=O)O)cc(C(=O)O)c3)o2)cc1Cl. The summed E-state index contributed by atoms with van der Waals surface area (Å²) in [6, 6.07) is 17.2. The molecule has 11 heteroatoms. The minimum Gasteiger partial charge on any atom is -0.495 e. The van der Waals surface area contributed by atoms with Gasteiger partial charge in [-0.2, -0.15) is 0 Å². The highest BCUT2D eigenvalue weighted by atomic mass is 35.5. The highest BCUT2D eigenvalue weighted by Gasteiger charge is 2.42. The van der Waals surface area contributed by atoms with Gasteiger partial charge in [0, 0.05) is 17.4 Å². The lowest BCUT2D eigenvalue weighted by Gasteiger charge is -2.26. The number of halogens is 1. The molecule has 192 valence electrons. The van der Waals surface area contributed by atoms with Gasteiger partial charge in [-0.05, 0) is 72.9 Å². The molecule has 1 fully saturated rings. The first-order valence-corrected chi connectivity index (χ1v) is 12.1. The molecule has 0 radical (unpaired) electrons. The largest absolute Gasteiger partial charge is 0.495 e. The Kier molecular flexibility index (Phi) is 6.75. The summed E-state index contributed by atoms with van der Waals surface area (Å²) in [5.41, 5.74) is 1.40. The van der Waals surface area contributed by atoms with E-state index in [9.17, 15) is 19.8 Å². The second kappa shape index (κ2) is 10.2. The number of rotatable bonds is 7.